The highest BCUT2D eigenvalue weighted by Crippen LogP contribution is 2.36. The van der Waals surface area contributed by atoms with Crippen LogP contribution in [0.25, 0.3) is 0 Å². The van der Waals surface area contributed by atoms with E-state index in [1.165, 1.54) is 34.1 Å². The maximum absolute atomic E-state index is 14.0. The van der Waals surface area contributed by atoms with Crippen molar-refractivity contribution in [2.75, 3.05) is 13.1 Å². The van der Waals surface area contributed by atoms with Crippen LogP contribution in [-0.4, -0.2) is 46.5 Å². The Hall–Kier alpha value is -2.94. The van der Waals surface area contributed by atoms with Gasteiger partial charge in [-0.15, -0.1) is 0 Å². The number of carbonyl (C=O) groups excluding carboxylic acids is 1. The molecular weight excluding hydrogens is 424 g/mol. The van der Waals surface area contributed by atoms with E-state index in [2.05, 4.69) is 0 Å². The maximum Gasteiger partial charge on any atom is 0.417 e. The highest BCUT2D eigenvalue weighted by Gasteiger charge is 2.38. The molecule has 1 atom stereocenters. The summed E-state index contributed by atoms with van der Waals surface area (Å²) in [5, 5.41) is 15.8. The minimum Gasteiger partial charge on any atom is -0.327 e. The fourth-order valence-corrected chi connectivity index (χ4v) is 3.56. The number of hydrogen-bond donors (Lipinski definition) is 2. The van der Waals surface area contributed by atoms with Crippen LogP contribution in [0.2, 0.25) is 5.02 Å². The smallest absolute Gasteiger partial charge is 0.327 e. The molecule has 1 unspecified atom stereocenters. The molecule has 30 heavy (non-hydrogen) atoms. The van der Waals surface area contributed by atoms with Crippen LogP contribution in [0.3, 0.4) is 0 Å². The second-order valence-electron chi connectivity index (χ2n) is 6.83. The number of halogens is 5. The van der Waals surface area contributed by atoms with Crippen LogP contribution in [-0.2, 0) is 6.18 Å². The van der Waals surface area contributed by atoms with Crippen LogP contribution in [0.1, 0.15) is 28.4 Å². The Morgan fingerprint density at radius 2 is 1.77 bits per heavy atom. The molecule has 2 N–H and O–H groups in total. The van der Waals surface area contributed by atoms with E-state index in [1.54, 1.807) is 13.0 Å². The summed E-state index contributed by atoms with van der Waals surface area (Å²) in [5.41, 5.74) is -1.42. The molecule has 1 saturated heterocycles. The highest BCUT2D eigenvalue weighted by atomic mass is 35.5. The van der Waals surface area contributed by atoms with E-state index in [-0.39, 0.29) is 35.9 Å². The number of rotatable bonds is 2. The largest absolute Gasteiger partial charge is 0.417 e. The third-order valence-electron chi connectivity index (χ3n) is 4.82. The van der Waals surface area contributed by atoms with Crippen molar-refractivity contribution in [3.05, 3.63) is 70.0 Å². The molecule has 0 aromatic heterocycles. The fourth-order valence-electron chi connectivity index (χ4n) is 3.24. The minimum atomic E-state index is -4.71. The Bertz CT molecular complexity index is 1020. The lowest BCUT2D eigenvalue weighted by atomic mass is 10.1. The van der Waals surface area contributed by atoms with Crippen molar-refractivity contribution in [1.82, 2.24) is 9.80 Å². The molecule has 2 aromatic rings. The molecule has 1 amide bonds. The number of benzene rings is 2. The Morgan fingerprint density at radius 1 is 1.13 bits per heavy atom. The molecule has 1 aliphatic rings. The zero-order valence-electron chi connectivity index (χ0n) is 15.7. The van der Waals surface area contributed by atoms with Gasteiger partial charge in [0, 0.05) is 12.6 Å². The van der Waals surface area contributed by atoms with Crippen molar-refractivity contribution in [2.24, 2.45) is 0 Å². The Balaban J connectivity index is 1.85. The standard InChI is InChI=1S/C20H17ClF4N4O/c1-11-9-29(18(27)12-5-2-3-8-15(12)22)16(26)10-28(11)19(30)13-6-4-7-14(17(13)21)20(23,24)25/h2-8,11,26-27H,9-10H2,1H3. The molecule has 2 aromatic carbocycles. The lowest BCUT2D eigenvalue weighted by Gasteiger charge is -2.41. The molecule has 10 heteroatoms. The first-order valence-corrected chi connectivity index (χ1v) is 9.25. The van der Waals surface area contributed by atoms with E-state index in [9.17, 15) is 22.4 Å². The van der Waals surface area contributed by atoms with E-state index in [0.29, 0.717) is 0 Å². The molecule has 1 fully saturated rings. The van der Waals surface area contributed by atoms with Crippen LogP contribution in [0.4, 0.5) is 17.6 Å². The monoisotopic (exact) mass is 440 g/mol. The number of piperazine rings is 1. The normalized spacial score (nSPS) is 17.3. The summed E-state index contributed by atoms with van der Waals surface area (Å²) in [5.74, 6) is -1.75. The molecule has 1 heterocycles. The van der Waals surface area contributed by atoms with Gasteiger partial charge in [0.15, 0.2) is 0 Å². The molecule has 158 valence electrons. The average molecular weight is 441 g/mol. The summed E-state index contributed by atoms with van der Waals surface area (Å²) in [6.45, 7) is 1.38. The molecule has 0 spiro atoms. The quantitative estimate of drug-likeness (QED) is 0.405. The van der Waals surface area contributed by atoms with Gasteiger partial charge in [0.1, 0.15) is 17.5 Å². The van der Waals surface area contributed by atoms with Gasteiger partial charge >= 0.3 is 6.18 Å². The molecule has 5 nitrogen and oxygen atoms in total. The molecular formula is C20H17ClF4N4O. The number of amidine groups is 2. The summed E-state index contributed by atoms with van der Waals surface area (Å²) in [6.07, 6.45) is -4.71. The van der Waals surface area contributed by atoms with Crippen molar-refractivity contribution < 1.29 is 22.4 Å². The first kappa shape index (κ1) is 21.8. The molecule has 0 bridgehead atoms. The predicted octanol–water partition coefficient (Wildman–Crippen LogP) is 4.65. The van der Waals surface area contributed by atoms with E-state index in [1.807, 2.05) is 0 Å². The lowest BCUT2D eigenvalue weighted by molar-refractivity contribution is -0.137. The summed E-state index contributed by atoms with van der Waals surface area (Å²) in [7, 11) is 0. The topological polar surface area (TPSA) is 71.2 Å². The number of nitrogens with one attached hydrogen (secondary N) is 2. The molecule has 0 radical (unpaired) electrons. The molecule has 0 aliphatic carbocycles. The first-order chi connectivity index (χ1) is 14.0. The van der Waals surface area contributed by atoms with Gasteiger partial charge < -0.3 is 9.80 Å². The number of alkyl halides is 3. The number of nitrogens with zero attached hydrogens (tertiary/aromatic N) is 2. The van der Waals surface area contributed by atoms with Gasteiger partial charge in [-0.05, 0) is 31.2 Å². The molecule has 0 saturated carbocycles. The minimum absolute atomic E-state index is 0.00826. The number of amides is 1. The van der Waals surface area contributed by atoms with Gasteiger partial charge in [-0.25, -0.2) is 4.39 Å². The SMILES string of the molecule is CC1CN(C(=N)c2ccccc2F)C(=N)CN1C(=O)c1cccc(C(F)(F)F)c1Cl. The first-order valence-electron chi connectivity index (χ1n) is 8.87. The van der Waals surface area contributed by atoms with E-state index < -0.39 is 34.5 Å². The molecule has 3 rings (SSSR count). The third kappa shape index (κ3) is 4.02. The Morgan fingerprint density at radius 3 is 2.40 bits per heavy atom. The van der Waals surface area contributed by atoms with Gasteiger partial charge in [0.25, 0.3) is 5.91 Å². The van der Waals surface area contributed by atoms with Crippen LogP contribution >= 0.6 is 11.6 Å². The second-order valence-corrected chi connectivity index (χ2v) is 7.21. The Kier molecular flexibility index (Phi) is 5.85. The van der Waals surface area contributed by atoms with Crippen LogP contribution in [0.15, 0.2) is 42.5 Å². The van der Waals surface area contributed by atoms with Crippen molar-refractivity contribution >= 4 is 29.2 Å². The summed E-state index contributed by atoms with van der Waals surface area (Å²) in [6, 6.07) is 8.18. The third-order valence-corrected chi connectivity index (χ3v) is 5.23. The summed E-state index contributed by atoms with van der Waals surface area (Å²) in [4.78, 5) is 15.4. The van der Waals surface area contributed by atoms with Gasteiger partial charge in [0.05, 0.1) is 28.3 Å². The van der Waals surface area contributed by atoms with Crippen LogP contribution in [0, 0.1) is 16.6 Å². The van der Waals surface area contributed by atoms with Gasteiger partial charge in [-0.3, -0.25) is 15.6 Å². The molecule has 1 aliphatic heterocycles. The van der Waals surface area contributed by atoms with Crippen molar-refractivity contribution in [3.8, 4) is 0 Å². The van der Waals surface area contributed by atoms with Crippen LogP contribution in [0.5, 0.6) is 0 Å². The van der Waals surface area contributed by atoms with Gasteiger partial charge in [0.2, 0.25) is 0 Å². The predicted molar refractivity (Wildman–Crippen MR) is 105 cm³/mol. The van der Waals surface area contributed by atoms with Crippen molar-refractivity contribution in [1.29, 1.82) is 10.8 Å². The van der Waals surface area contributed by atoms with Crippen molar-refractivity contribution in [3.63, 3.8) is 0 Å². The number of carbonyl (C=O) groups is 1. The lowest BCUT2D eigenvalue weighted by Crippen LogP contribution is -2.58. The highest BCUT2D eigenvalue weighted by molar-refractivity contribution is 6.34. The van der Waals surface area contributed by atoms with E-state index in [4.69, 9.17) is 22.4 Å². The summed E-state index contributed by atoms with van der Waals surface area (Å²) >= 11 is 5.86. The van der Waals surface area contributed by atoms with Gasteiger partial charge in [-0.2, -0.15) is 13.2 Å². The van der Waals surface area contributed by atoms with Gasteiger partial charge in [-0.1, -0.05) is 29.8 Å². The van der Waals surface area contributed by atoms with Crippen molar-refractivity contribution in [2.45, 2.75) is 19.1 Å². The Labute approximate surface area is 174 Å². The zero-order chi connectivity index (χ0) is 22.2. The average Bonchev–Trinajstić information content (AvgIpc) is 2.68. The number of hydrogen-bond acceptors (Lipinski definition) is 3. The maximum atomic E-state index is 14.0. The zero-order valence-corrected chi connectivity index (χ0v) is 16.5. The second kappa shape index (κ2) is 8.06. The van der Waals surface area contributed by atoms with E-state index >= 15 is 0 Å². The fraction of sp³-hybridized carbons (Fsp3) is 0.250. The summed E-state index contributed by atoms with van der Waals surface area (Å²) < 4.78 is 53.3. The van der Waals surface area contributed by atoms with E-state index in [0.717, 1.165) is 12.1 Å². The van der Waals surface area contributed by atoms with Crippen LogP contribution < -0.4 is 0 Å².